The van der Waals surface area contributed by atoms with Gasteiger partial charge in [0.15, 0.2) is 0 Å². The quantitative estimate of drug-likeness (QED) is 0.582. The summed E-state index contributed by atoms with van der Waals surface area (Å²) in [6.45, 7) is 2.93. The topological polar surface area (TPSA) is 29.5 Å². The minimum absolute atomic E-state index is 0.267. The van der Waals surface area contributed by atoms with E-state index in [1.54, 1.807) is 24.3 Å². The fraction of sp³-hybridized carbons (Fsp3) is 0.538. The fourth-order valence-corrected chi connectivity index (χ4v) is 1.87. The van der Waals surface area contributed by atoms with Crippen molar-refractivity contribution in [2.24, 2.45) is 5.92 Å². The van der Waals surface area contributed by atoms with Crippen LogP contribution in [0.2, 0.25) is 0 Å². The Kier molecular flexibility index (Phi) is 6.09. The van der Waals surface area contributed by atoms with Gasteiger partial charge in [-0.25, -0.2) is 0 Å². The number of halogens is 1. The first-order chi connectivity index (χ1) is 7.72. The van der Waals surface area contributed by atoms with E-state index in [4.69, 9.17) is 21.4 Å². The van der Waals surface area contributed by atoms with Crippen molar-refractivity contribution in [1.82, 2.24) is 0 Å². The maximum atomic E-state index is 9.09. The molecule has 0 amide bonds. The Morgan fingerprint density at radius 3 is 2.56 bits per heavy atom. The molecule has 0 aliphatic heterocycles. The molecule has 1 aromatic rings. The molecule has 0 aromatic heterocycles. The highest BCUT2D eigenvalue weighted by Gasteiger charge is 2.01. The highest BCUT2D eigenvalue weighted by molar-refractivity contribution is 6.17. The van der Waals surface area contributed by atoms with Gasteiger partial charge in [-0.1, -0.05) is 6.92 Å². The summed E-state index contributed by atoms with van der Waals surface area (Å²) in [7, 11) is 0. The van der Waals surface area contributed by atoms with Gasteiger partial charge in [0.25, 0.3) is 0 Å². The predicted molar refractivity (Wildman–Crippen MR) is 67.3 cm³/mol. The summed E-state index contributed by atoms with van der Waals surface area (Å²) in [5.41, 5.74) is 0. The van der Waals surface area contributed by atoms with Crippen LogP contribution < -0.4 is 4.74 Å². The van der Waals surface area contributed by atoms with Gasteiger partial charge in [0.1, 0.15) is 11.5 Å². The van der Waals surface area contributed by atoms with Crippen molar-refractivity contribution >= 4 is 11.6 Å². The molecule has 0 heterocycles. The van der Waals surface area contributed by atoms with Crippen LogP contribution in [0.5, 0.6) is 11.5 Å². The molecule has 0 aliphatic rings. The number of hydrogen-bond acceptors (Lipinski definition) is 2. The Bertz CT molecular complexity index is 284. The van der Waals surface area contributed by atoms with Crippen LogP contribution >= 0.6 is 11.6 Å². The zero-order valence-electron chi connectivity index (χ0n) is 9.66. The summed E-state index contributed by atoms with van der Waals surface area (Å²) in [6, 6.07) is 6.81. The van der Waals surface area contributed by atoms with E-state index >= 15 is 0 Å². The van der Waals surface area contributed by atoms with Gasteiger partial charge in [0.05, 0.1) is 6.61 Å². The summed E-state index contributed by atoms with van der Waals surface area (Å²) < 4.78 is 5.55. The molecule has 0 bridgehead atoms. The van der Waals surface area contributed by atoms with E-state index in [0.717, 1.165) is 37.5 Å². The van der Waals surface area contributed by atoms with Gasteiger partial charge in [0, 0.05) is 5.88 Å². The van der Waals surface area contributed by atoms with Crippen molar-refractivity contribution in [3.63, 3.8) is 0 Å². The van der Waals surface area contributed by atoms with E-state index in [9.17, 15) is 0 Å². The Hall–Kier alpha value is -0.890. The second-order valence-corrected chi connectivity index (χ2v) is 4.45. The zero-order valence-corrected chi connectivity index (χ0v) is 10.4. The third-order valence-electron chi connectivity index (χ3n) is 2.55. The summed E-state index contributed by atoms with van der Waals surface area (Å²) in [4.78, 5) is 0. The molecule has 1 rings (SSSR count). The summed E-state index contributed by atoms with van der Waals surface area (Å²) in [6.07, 6.45) is 3.25. The number of hydrogen-bond donors (Lipinski definition) is 1. The Balaban J connectivity index is 2.13. The average Bonchev–Trinajstić information content (AvgIpc) is 2.27. The predicted octanol–water partition coefficient (Wildman–Crippen LogP) is 3.82. The molecule has 0 spiro atoms. The molecule has 0 unspecified atom stereocenters. The molecule has 3 heteroatoms. The number of phenols is 1. The number of benzene rings is 1. The number of ether oxygens (including phenoxy) is 1. The van der Waals surface area contributed by atoms with Crippen molar-refractivity contribution < 1.29 is 9.84 Å². The lowest BCUT2D eigenvalue weighted by Crippen LogP contribution is -2.02. The SMILES string of the molecule is C[C@@H](CCCl)CCCOc1ccc(O)cc1. The minimum Gasteiger partial charge on any atom is -0.508 e. The van der Waals surface area contributed by atoms with Gasteiger partial charge < -0.3 is 9.84 Å². The number of alkyl halides is 1. The van der Waals surface area contributed by atoms with Crippen molar-refractivity contribution in [3.05, 3.63) is 24.3 Å². The van der Waals surface area contributed by atoms with Gasteiger partial charge in [-0.15, -0.1) is 11.6 Å². The van der Waals surface area contributed by atoms with E-state index in [2.05, 4.69) is 6.92 Å². The maximum Gasteiger partial charge on any atom is 0.119 e. The van der Waals surface area contributed by atoms with Crippen molar-refractivity contribution in [2.75, 3.05) is 12.5 Å². The maximum absolute atomic E-state index is 9.09. The van der Waals surface area contributed by atoms with Crippen molar-refractivity contribution in [3.8, 4) is 11.5 Å². The first kappa shape index (κ1) is 13.2. The lowest BCUT2D eigenvalue weighted by molar-refractivity contribution is 0.293. The van der Waals surface area contributed by atoms with Crippen LogP contribution in [0.3, 0.4) is 0 Å². The molecule has 0 saturated carbocycles. The van der Waals surface area contributed by atoms with Crippen LogP contribution in [0, 0.1) is 5.92 Å². The van der Waals surface area contributed by atoms with Crippen LogP contribution in [0.15, 0.2) is 24.3 Å². The first-order valence-electron chi connectivity index (χ1n) is 5.70. The molecule has 0 radical (unpaired) electrons. The largest absolute Gasteiger partial charge is 0.508 e. The van der Waals surface area contributed by atoms with Crippen LogP contribution in [0.4, 0.5) is 0 Å². The van der Waals surface area contributed by atoms with Crippen LogP contribution in [-0.4, -0.2) is 17.6 Å². The summed E-state index contributed by atoms with van der Waals surface area (Å²) in [5, 5.41) is 9.09. The molecule has 2 nitrogen and oxygen atoms in total. The summed E-state index contributed by atoms with van der Waals surface area (Å²) >= 11 is 5.66. The monoisotopic (exact) mass is 242 g/mol. The molecule has 1 atom stereocenters. The average molecular weight is 243 g/mol. The van der Waals surface area contributed by atoms with Gasteiger partial charge in [0.2, 0.25) is 0 Å². The van der Waals surface area contributed by atoms with Gasteiger partial charge >= 0.3 is 0 Å². The van der Waals surface area contributed by atoms with Crippen LogP contribution in [0.25, 0.3) is 0 Å². The third-order valence-corrected chi connectivity index (χ3v) is 2.77. The Morgan fingerprint density at radius 2 is 1.94 bits per heavy atom. The second kappa shape index (κ2) is 7.39. The van der Waals surface area contributed by atoms with E-state index < -0.39 is 0 Å². The molecular formula is C13H19ClO2. The number of rotatable bonds is 7. The van der Waals surface area contributed by atoms with E-state index in [0.29, 0.717) is 5.92 Å². The second-order valence-electron chi connectivity index (χ2n) is 4.07. The molecule has 1 N–H and O–H groups in total. The Morgan fingerprint density at radius 1 is 1.25 bits per heavy atom. The molecule has 0 fully saturated rings. The third kappa shape index (κ3) is 5.26. The normalized spacial score (nSPS) is 12.4. The van der Waals surface area contributed by atoms with E-state index in [1.807, 2.05) is 0 Å². The number of aromatic hydroxyl groups is 1. The Labute approximate surface area is 102 Å². The van der Waals surface area contributed by atoms with E-state index in [-0.39, 0.29) is 5.75 Å². The molecule has 0 aliphatic carbocycles. The van der Waals surface area contributed by atoms with Crippen molar-refractivity contribution in [1.29, 1.82) is 0 Å². The van der Waals surface area contributed by atoms with Gasteiger partial charge in [-0.05, 0) is 49.4 Å². The molecule has 1 aromatic carbocycles. The highest BCUT2D eigenvalue weighted by Crippen LogP contribution is 2.17. The first-order valence-corrected chi connectivity index (χ1v) is 6.23. The van der Waals surface area contributed by atoms with Crippen molar-refractivity contribution in [2.45, 2.75) is 26.2 Å². The lowest BCUT2D eigenvalue weighted by Gasteiger charge is -2.10. The number of phenolic OH excluding ortho intramolecular Hbond substituents is 1. The smallest absolute Gasteiger partial charge is 0.119 e. The molecular weight excluding hydrogens is 224 g/mol. The van der Waals surface area contributed by atoms with Gasteiger partial charge in [-0.2, -0.15) is 0 Å². The molecule has 0 saturated heterocycles. The molecule has 16 heavy (non-hydrogen) atoms. The van der Waals surface area contributed by atoms with Crippen LogP contribution in [-0.2, 0) is 0 Å². The lowest BCUT2D eigenvalue weighted by atomic mass is 10.0. The van der Waals surface area contributed by atoms with Gasteiger partial charge in [-0.3, -0.25) is 0 Å². The highest BCUT2D eigenvalue weighted by atomic mass is 35.5. The van der Waals surface area contributed by atoms with E-state index in [1.165, 1.54) is 0 Å². The zero-order chi connectivity index (χ0) is 11.8. The summed E-state index contributed by atoms with van der Waals surface area (Å²) in [5.74, 6) is 2.48. The standard InChI is InChI=1S/C13H19ClO2/c1-11(8-9-14)3-2-10-16-13-6-4-12(15)5-7-13/h4-7,11,15H,2-3,8-10H2,1H3/t11-/m1/s1. The molecule has 90 valence electrons. The van der Waals surface area contributed by atoms with Crippen LogP contribution in [0.1, 0.15) is 26.2 Å². The minimum atomic E-state index is 0.267. The fourth-order valence-electron chi connectivity index (χ4n) is 1.49.